The fourth-order valence-electron chi connectivity index (χ4n) is 5.90. The van der Waals surface area contributed by atoms with Crippen molar-refractivity contribution < 1.29 is 23.5 Å². The fourth-order valence-corrected chi connectivity index (χ4v) is 5.90. The molecule has 232 valence electrons. The van der Waals surface area contributed by atoms with Gasteiger partial charge in [-0.2, -0.15) is 0 Å². The van der Waals surface area contributed by atoms with Crippen LogP contribution in [0.1, 0.15) is 66.3 Å². The number of Topliss-reactive ketones (excluding diaryl/α,β-unsaturated/α-hetero) is 2. The summed E-state index contributed by atoms with van der Waals surface area (Å²) in [7, 11) is 0. The Morgan fingerprint density at radius 3 is 1.48 bits per heavy atom. The smallest absolute Gasteiger partial charge is 0.343 e. The summed E-state index contributed by atoms with van der Waals surface area (Å²) in [6.45, 7) is 4.94. The second kappa shape index (κ2) is 14.0. The molecule has 0 saturated carbocycles. The topological polar surface area (TPSA) is 115 Å². The molecule has 0 spiro atoms. The number of hydrogen-bond acceptors (Lipinski definition) is 7. The molecular formula is C39H34O7. The SMILES string of the molecule is CC(=O)CC(c1ccccc1)c1c(C)c2ccccc2oc1=O.CC(=O)CC(c1ccccc1)c1c(O)c2ccccc2oc1=O. The molecule has 6 aromatic rings. The number of ketones is 2. The number of hydrogen-bond donors (Lipinski definition) is 1. The lowest BCUT2D eigenvalue weighted by Crippen LogP contribution is -2.18. The summed E-state index contributed by atoms with van der Waals surface area (Å²) >= 11 is 0. The monoisotopic (exact) mass is 614 g/mol. The van der Waals surface area contributed by atoms with Crippen molar-refractivity contribution in [2.45, 2.75) is 45.4 Å². The van der Waals surface area contributed by atoms with Gasteiger partial charge in [-0.25, -0.2) is 9.59 Å². The molecule has 4 aromatic carbocycles. The maximum atomic E-state index is 12.6. The molecule has 0 bridgehead atoms. The first kappa shape index (κ1) is 31.9. The number of carbonyl (C=O) groups excluding carboxylic acids is 2. The average Bonchev–Trinajstić information content (AvgIpc) is 3.04. The zero-order valence-corrected chi connectivity index (χ0v) is 25.9. The molecule has 0 saturated heterocycles. The number of carbonyl (C=O) groups is 2. The van der Waals surface area contributed by atoms with Crippen molar-refractivity contribution in [3.8, 4) is 5.75 Å². The molecule has 2 aromatic heterocycles. The summed E-state index contributed by atoms with van der Waals surface area (Å²) in [4.78, 5) is 48.4. The molecule has 46 heavy (non-hydrogen) atoms. The molecular weight excluding hydrogens is 580 g/mol. The van der Waals surface area contributed by atoms with Gasteiger partial charge in [0.25, 0.3) is 0 Å². The van der Waals surface area contributed by atoms with Gasteiger partial charge in [-0.1, -0.05) is 91.0 Å². The van der Waals surface area contributed by atoms with E-state index in [1.807, 2.05) is 85.8 Å². The Labute approximate surface area is 265 Å². The number of para-hydroxylation sites is 2. The standard InChI is InChI=1S/C20H18O3.C19H16O4/c1-13(21)12-17(15-8-4-3-5-9-15)19-14(2)16-10-6-7-11-18(16)23-20(19)22;1-12(20)11-15(13-7-3-2-4-8-13)17-18(21)14-9-5-6-10-16(14)23-19(17)22/h3-11,17H,12H2,1-2H3;2-10,15,21H,11H2,1H3. The third-order valence-electron chi connectivity index (χ3n) is 8.02. The highest BCUT2D eigenvalue weighted by Gasteiger charge is 2.26. The minimum Gasteiger partial charge on any atom is -0.507 e. The third kappa shape index (κ3) is 6.89. The minimum atomic E-state index is -0.615. The maximum absolute atomic E-state index is 12.6. The molecule has 0 fully saturated rings. The zero-order chi connectivity index (χ0) is 32.8. The molecule has 0 amide bonds. The van der Waals surface area contributed by atoms with Gasteiger partial charge in [-0.3, -0.25) is 9.59 Å². The van der Waals surface area contributed by atoms with Crippen molar-refractivity contribution in [1.82, 2.24) is 0 Å². The van der Waals surface area contributed by atoms with Crippen molar-refractivity contribution in [2.24, 2.45) is 0 Å². The summed E-state index contributed by atoms with van der Waals surface area (Å²) in [6, 6.07) is 33.1. The van der Waals surface area contributed by atoms with Crippen LogP contribution in [0, 0.1) is 6.92 Å². The van der Waals surface area contributed by atoms with Crippen LogP contribution in [-0.2, 0) is 9.59 Å². The first-order valence-electron chi connectivity index (χ1n) is 15.0. The highest BCUT2D eigenvalue weighted by Crippen LogP contribution is 2.36. The van der Waals surface area contributed by atoms with Gasteiger partial charge in [0.05, 0.1) is 10.9 Å². The van der Waals surface area contributed by atoms with Crippen LogP contribution >= 0.6 is 0 Å². The molecule has 2 unspecified atom stereocenters. The lowest BCUT2D eigenvalue weighted by Gasteiger charge is -2.18. The predicted octanol–water partition coefficient (Wildman–Crippen LogP) is 7.82. The van der Waals surface area contributed by atoms with Crippen LogP contribution in [0.5, 0.6) is 5.75 Å². The van der Waals surface area contributed by atoms with E-state index >= 15 is 0 Å². The van der Waals surface area contributed by atoms with Crippen LogP contribution in [0.4, 0.5) is 0 Å². The van der Waals surface area contributed by atoms with Crippen LogP contribution in [0.2, 0.25) is 0 Å². The lowest BCUT2D eigenvalue weighted by molar-refractivity contribution is -0.118. The molecule has 6 rings (SSSR count). The first-order valence-corrected chi connectivity index (χ1v) is 15.0. The van der Waals surface area contributed by atoms with Gasteiger partial charge in [0.2, 0.25) is 0 Å². The van der Waals surface area contributed by atoms with Crippen molar-refractivity contribution in [2.75, 3.05) is 0 Å². The van der Waals surface area contributed by atoms with Gasteiger partial charge in [0.15, 0.2) is 0 Å². The van der Waals surface area contributed by atoms with Gasteiger partial charge in [0.1, 0.15) is 28.5 Å². The third-order valence-corrected chi connectivity index (χ3v) is 8.02. The number of rotatable bonds is 8. The number of aromatic hydroxyl groups is 1. The number of aryl methyl sites for hydroxylation is 1. The molecule has 7 heteroatoms. The highest BCUT2D eigenvalue weighted by molar-refractivity contribution is 5.85. The maximum Gasteiger partial charge on any atom is 0.343 e. The molecule has 0 aliphatic heterocycles. The van der Waals surface area contributed by atoms with E-state index in [1.165, 1.54) is 6.92 Å². The summed E-state index contributed by atoms with van der Waals surface area (Å²) in [5.41, 5.74) is 3.26. The van der Waals surface area contributed by atoms with E-state index in [0.29, 0.717) is 22.1 Å². The number of fused-ring (bicyclic) bond motifs is 2. The second-order valence-electron chi connectivity index (χ2n) is 11.3. The molecule has 0 aliphatic rings. The van der Waals surface area contributed by atoms with E-state index in [0.717, 1.165) is 22.1 Å². The largest absolute Gasteiger partial charge is 0.507 e. The Morgan fingerprint density at radius 2 is 0.978 bits per heavy atom. The van der Waals surface area contributed by atoms with Gasteiger partial charge >= 0.3 is 11.3 Å². The second-order valence-corrected chi connectivity index (χ2v) is 11.3. The zero-order valence-electron chi connectivity index (χ0n) is 25.9. The van der Waals surface area contributed by atoms with Crippen molar-refractivity contribution >= 4 is 33.5 Å². The number of benzene rings is 4. The quantitative estimate of drug-likeness (QED) is 0.174. The molecule has 2 heterocycles. The highest BCUT2D eigenvalue weighted by atomic mass is 16.4. The van der Waals surface area contributed by atoms with Gasteiger partial charge in [-0.05, 0) is 55.7 Å². The summed E-state index contributed by atoms with van der Waals surface area (Å²) in [5, 5.41) is 12.0. The van der Waals surface area contributed by atoms with Gasteiger partial charge in [0, 0.05) is 35.6 Å². The lowest BCUT2D eigenvalue weighted by atomic mass is 9.85. The Kier molecular flexibility index (Phi) is 9.72. The molecule has 1 N–H and O–H groups in total. The van der Waals surface area contributed by atoms with E-state index in [-0.39, 0.29) is 47.3 Å². The van der Waals surface area contributed by atoms with Crippen LogP contribution in [0.15, 0.2) is 128 Å². The van der Waals surface area contributed by atoms with Gasteiger partial charge in [-0.15, -0.1) is 0 Å². The summed E-state index contributed by atoms with van der Waals surface area (Å²) < 4.78 is 10.8. The first-order chi connectivity index (χ1) is 22.2. The Bertz CT molecular complexity index is 1970. The average molecular weight is 615 g/mol. The minimum absolute atomic E-state index is 0.0470. The molecule has 0 aliphatic carbocycles. The molecule has 7 nitrogen and oxygen atoms in total. The van der Waals surface area contributed by atoms with Crippen molar-refractivity contribution in [3.05, 3.63) is 158 Å². The van der Waals surface area contributed by atoms with E-state index in [2.05, 4.69) is 0 Å². The normalized spacial score (nSPS) is 12.2. The Morgan fingerprint density at radius 1 is 0.587 bits per heavy atom. The van der Waals surface area contributed by atoms with E-state index in [4.69, 9.17) is 8.83 Å². The molecule has 0 radical (unpaired) electrons. The van der Waals surface area contributed by atoms with E-state index < -0.39 is 11.5 Å². The van der Waals surface area contributed by atoms with E-state index in [9.17, 15) is 24.3 Å². The summed E-state index contributed by atoms with van der Waals surface area (Å²) in [6.07, 6.45) is 0.411. The van der Waals surface area contributed by atoms with Crippen LogP contribution in [0.3, 0.4) is 0 Å². The van der Waals surface area contributed by atoms with Crippen molar-refractivity contribution in [1.29, 1.82) is 0 Å². The van der Waals surface area contributed by atoms with Crippen LogP contribution in [0.25, 0.3) is 21.9 Å². The van der Waals surface area contributed by atoms with Gasteiger partial charge < -0.3 is 13.9 Å². The summed E-state index contributed by atoms with van der Waals surface area (Å²) in [5.74, 6) is -0.951. The fraction of sp³-hybridized carbons (Fsp3) is 0.179. The van der Waals surface area contributed by atoms with Crippen LogP contribution < -0.4 is 11.3 Å². The predicted molar refractivity (Wildman–Crippen MR) is 179 cm³/mol. The Hall–Kier alpha value is -5.56. The Balaban J connectivity index is 0.000000181. The molecule has 2 atom stereocenters. The van der Waals surface area contributed by atoms with Crippen molar-refractivity contribution in [3.63, 3.8) is 0 Å². The van der Waals surface area contributed by atoms with Crippen LogP contribution in [-0.4, -0.2) is 16.7 Å². The van der Waals surface area contributed by atoms with E-state index in [1.54, 1.807) is 37.3 Å².